The lowest BCUT2D eigenvalue weighted by Crippen LogP contribution is -2.34. The van der Waals surface area contributed by atoms with E-state index in [1.54, 1.807) is 17.4 Å². The van der Waals surface area contributed by atoms with Crippen LogP contribution < -0.4 is 11.3 Å². The molecular formula is C19H17N3O2S. The third kappa shape index (κ3) is 2.78. The van der Waals surface area contributed by atoms with E-state index in [0.29, 0.717) is 10.2 Å². The molecule has 0 aliphatic heterocycles. The Kier molecular flexibility index (Phi) is 3.97. The van der Waals surface area contributed by atoms with Crippen LogP contribution in [0.25, 0.3) is 22.4 Å². The van der Waals surface area contributed by atoms with Gasteiger partial charge in [0.1, 0.15) is 10.7 Å². The normalized spacial score (nSPS) is 14.1. The second-order valence-corrected chi connectivity index (χ2v) is 7.17. The Labute approximate surface area is 148 Å². The van der Waals surface area contributed by atoms with Crippen molar-refractivity contribution in [1.82, 2.24) is 9.55 Å². The van der Waals surface area contributed by atoms with Gasteiger partial charge in [-0.25, -0.2) is 14.3 Å². The number of hydrogen-bond acceptors (Lipinski definition) is 4. The summed E-state index contributed by atoms with van der Waals surface area (Å²) in [4.78, 5) is 31.3. The fourth-order valence-electron chi connectivity index (χ4n) is 3.28. The van der Waals surface area contributed by atoms with Crippen molar-refractivity contribution in [3.8, 4) is 0 Å². The number of fused-ring (bicyclic) bond motifs is 3. The minimum atomic E-state index is -0.803. The number of nitrogens with zero attached hydrogens (tertiary/aromatic N) is 2. The summed E-state index contributed by atoms with van der Waals surface area (Å²) >= 11 is 1.56. The molecule has 2 aromatic heterocycles. The minimum Gasteiger partial charge on any atom is -0.351 e. The Hall–Kier alpha value is -2.73. The summed E-state index contributed by atoms with van der Waals surface area (Å²) in [6, 6.07) is 8.84. The van der Waals surface area contributed by atoms with E-state index in [4.69, 9.17) is 5.73 Å². The highest BCUT2D eigenvalue weighted by Crippen LogP contribution is 2.33. The van der Waals surface area contributed by atoms with Crippen molar-refractivity contribution in [2.45, 2.75) is 25.7 Å². The van der Waals surface area contributed by atoms with E-state index in [2.05, 4.69) is 4.98 Å². The van der Waals surface area contributed by atoms with Gasteiger partial charge in [0.2, 0.25) is 0 Å². The van der Waals surface area contributed by atoms with Gasteiger partial charge in [-0.15, -0.1) is 11.3 Å². The fourth-order valence-corrected chi connectivity index (χ4v) is 4.54. The summed E-state index contributed by atoms with van der Waals surface area (Å²) < 4.78 is 0.976. The highest BCUT2D eigenvalue weighted by Gasteiger charge is 2.22. The largest absolute Gasteiger partial charge is 0.351 e. The number of amides is 1. The minimum absolute atomic E-state index is 0.271. The zero-order valence-electron chi connectivity index (χ0n) is 13.6. The van der Waals surface area contributed by atoms with Crippen LogP contribution in [0, 0.1) is 0 Å². The number of hydrogen-bond donors (Lipinski definition) is 1. The summed E-state index contributed by atoms with van der Waals surface area (Å²) in [5.41, 5.74) is 7.13. The van der Waals surface area contributed by atoms with Gasteiger partial charge in [0.15, 0.2) is 0 Å². The van der Waals surface area contributed by atoms with Crippen LogP contribution in [0.15, 0.2) is 35.1 Å². The molecule has 4 rings (SSSR count). The summed E-state index contributed by atoms with van der Waals surface area (Å²) in [5, 5.41) is 0.565. The fraction of sp³-hybridized carbons (Fsp3) is 0.211. The van der Waals surface area contributed by atoms with Crippen molar-refractivity contribution >= 4 is 39.7 Å². The first-order valence-electron chi connectivity index (χ1n) is 8.25. The molecule has 0 saturated heterocycles. The van der Waals surface area contributed by atoms with Gasteiger partial charge in [0, 0.05) is 4.88 Å². The van der Waals surface area contributed by atoms with E-state index in [9.17, 15) is 9.59 Å². The molecular weight excluding hydrogens is 334 g/mol. The van der Waals surface area contributed by atoms with Crippen molar-refractivity contribution in [2.24, 2.45) is 5.73 Å². The average Bonchev–Trinajstić information content (AvgIpc) is 2.99. The molecule has 25 heavy (non-hydrogen) atoms. The van der Waals surface area contributed by atoms with Crippen molar-refractivity contribution in [1.29, 1.82) is 0 Å². The third-order valence-corrected chi connectivity index (χ3v) is 5.65. The summed E-state index contributed by atoms with van der Waals surface area (Å²) in [7, 11) is 0. The monoisotopic (exact) mass is 351 g/mol. The molecule has 1 aromatic carbocycles. The third-order valence-electron chi connectivity index (χ3n) is 4.46. The van der Waals surface area contributed by atoms with E-state index < -0.39 is 6.03 Å². The first-order valence-corrected chi connectivity index (χ1v) is 9.07. The Morgan fingerprint density at radius 2 is 1.92 bits per heavy atom. The maximum absolute atomic E-state index is 12.9. The molecule has 1 amide bonds. The molecule has 5 nitrogen and oxygen atoms in total. The lowest BCUT2D eigenvalue weighted by molar-refractivity contribution is 0.249. The zero-order chi connectivity index (χ0) is 17.4. The van der Waals surface area contributed by atoms with Gasteiger partial charge in [0.25, 0.3) is 5.56 Å². The smallest absolute Gasteiger partial charge is 0.327 e. The van der Waals surface area contributed by atoms with E-state index in [-0.39, 0.29) is 11.4 Å². The number of rotatable bonds is 2. The second-order valence-electron chi connectivity index (χ2n) is 6.08. The van der Waals surface area contributed by atoms with Gasteiger partial charge >= 0.3 is 6.03 Å². The highest BCUT2D eigenvalue weighted by atomic mass is 32.1. The molecule has 0 bridgehead atoms. The number of primary amides is 1. The molecule has 0 fully saturated rings. The van der Waals surface area contributed by atoms with Gasteiger partial charge in [-0.1, -0.05) is 36.4 Å². The standard InChI is InChI=1S/C19H17N3O2S/c20-19(24)22-15(11-10-12-6-2-1-3-7-12)21-17-16(18(22)23)13-8-4-5-9-14(13)25-17/h1-3,6-7,10-11H,4-5,8-9H2,(H2,20,24)/b11-10+. The van der Waals surface area contributed by atoms with Gasteiger partial charge in [-0.05, 0) is 42.9 Å². The van der Waals surface area contributed by atoms with Crippen molar-refractivity contribution in [3.05, 3.63) is 62.5 Å². The quantitative estimate of drug-likeness (QED) is 0.768. The molecule has 2 heterocycles. The number of benzene rings is 1. The lowest BCUT2D eigenvalue weighted by Gasteiger charge is -2.10. The molecule has 0 atom stereocenters. The number of nitrogens with two attached hydrogens (primary N) is 1. The molecule has 1 aliphatic rings. The number of carbonyl (C=O) groups excluding carboxylic acids is 1. The average molecular weight is 351 g/mol. The number of aryl methyl sites for hydroxylation is 2. The van der Waals surface area contributed by atoms with Crippen molar-refractivity contribution in [3.63, 3.8) is 0 Å². The Balaban J connectivity index is 1.92. The summed E-state index contributed by atoms with van der Waals surface area (Å²) in [6.45, 7) is 0. The van der Waals surface area contributed by atoms with Crippen LogP contribution in [-0.4, -0.2) is 15.6 Å². The molecule has 0 unspecified atom stereocenters. The molecule has 1 aliphatic carbocycles. The molecule has 3 aromatic rings. The van der Waals surface area contributed by atoms with E-state index in [0.717, 1.165) is 41.4 Å². The van der Waals surface area contributed by atoms with Gasteiger partial charge in [-0.2, -0.15) is 0 Å². The number of carbonyl (C=O) groups is 1. The van der Waals surface area contributed by atoms with Crippen LogP contribution in [0.3, 0.4) is 0 Å². The molecule has 126 valence electrons. The van der Waals surface area contributed by atoms with Crippen LogP contribution in [0.1, 0.15) is 34.7 Å². The van der Waals surface area contributed by atoms with E-state index in [1.807, 2.05) is 36.4 Å². The Morgan fingerprint density at radius 1 is 1.16 bits per heavy atom. The van der Waals surface area contributed by atoms with Crippen LogP contribution in [0.4, 0.5) is 4.79 Å². The van der Waals surface area contributed by atoms with Gasteiger partial charge < -0.3 is 5.73 Å². The molecule has 2 N–H and O–H groups in total. The van der Waals surface area contributed by atoms with E-state index >= 15 is 0 Å². The highest BCUT2D eigenvalue weighted by molar-refractivity contribution is 7.18. The second kappa shape index (κ2) is 6.29. The Bertz CT molecular complexity index is 1050. The number of aromatic nitrogens is 2. The maximum atomic E-state index is 12.9. The summed E-state index contributed by atoms with van der Waals surface area (Å²) in [5.74, 6) is 0.271. The van der Waals surface area contributed by atoms with Gasteiger partial charge in [-0.3, -0.25) is 4.79 Å². The first-order chi connectivity index (χ1) is 12.1. The number of thiophene rings is 1. The predicted molar refractivity (Wildman–Crippen MR) is 101 cm³/mol. The van der Waals surface area contributed by atoms with Crippen LogP contribution in [-0.2, 0) is 12.8 Å². The molecule has 0 radical (unpaired) electrons. The topological polar surface area (TPSA) is 78.0 Å². The zero-order valence-corrected chi connectivity index (χ0v) is 14.4. The lowest BCUT2D eigenvalue weighted by atomic mass is 9.97. The Morgan fingerprint density at radius 3 is 2.68 bits per heavy atom. The molecule has 6 heteroatoms. The maximum Gasteiger partial charge on any atom is 0.327 e. The molecule has 0 spiro atoms. The van der Waals surface area contributed by atoms with Gasteiger partial charge in [0.05, 0.1) is 5.39 Å². The SMILES string of the molecule is NC(=O)n1c(/C=C/c2ccccc2)nc2sc3c(c2c1=O)CCCC3. The first kappa shape index (κ1) is 15.8. The molecule has 0 saturated carbocycles. The predicted octanol–water partition coefficient (Wildman–Crippen LogP) is 3.43. The van der Waals surface area contributed by atoms with Crippen molar-refractivity contribution in [2.75, 3.05) is 0 Å². The van der Waals surface area contributed by atoms with Crippen molar-refractivity contribution < 1.29 is 4.79 Å². The van der Waals surface area contributed by atoms with Crippen LogP contribution in [0.2, 0.25) is 0 Å². The van der Waals surface area contributed by atoms with Crippen LogP contribution in [0.5, 0.6) is 0 Å². The van der Waals surface area contributed by atoms with Crippen LogP contribution >= 0.6 is 11.3 Å². The van der Waals surface area contributed by atoms with E-state index in [1.165, 1.54) is 4.88 Å². The summed E-state index contributed by atoms with van der Waals surface area (Å²) in [6.07, 6.45) is 7.51.